The fraction of sp³-hybridized carbons (Fsp3) is 0.231. The molecular formula is C26H26N2OS. The van der Waals surface area contributed by atoms with E-state index in [2.05, 4.69) is 69.3 Å². The topological polar surface area (TPSA) is 33.2 Å². The van der Waals surface area contributed by atoms with Gasteiger partial charge in [-0.3, -0.25) is 9.69 Å². The second-order valence-corrected chi connectivity index (χ2v) is 8.72. The Bertz CT molecular complexity index is 1160. The van der Waals surface area contributed by atoms with Gasteiger partial charge < -0.3 is 0 Å². The van der Waals surface area contributed by atoms with Gasteiger partial charge in [-0.05, 0) is 54.2 Å². The van der Waals surface area contributed by atoms with Gasteiger partial charge in [0, 0.05) is 0 Å². The summed E-state index contributed by atoms with van der Waals surface area (Å²) in [6.07, 6.45) is 1.36. The number of anilines is 1. The van der Waals surface area contributed by atoms with Crippen molar-refractivity contribution in [1.29, 1.82) is 0 Å². The molecule has 0 aliphatic rings. The molecule has 0 atom stereocenters. The molecule has 0 unspecified atom stereocenters. The van der Waals surface area contributed by atoms with Crippen LogP contribution in [0.5, 0.6) is 0 Å². The molecule has 152 valence electrons. The van der Waals surface area contributed by atoms with Crippen LogP contribution in [0.3, 0.4) is 0 Å². The molecular weight excluding hydrogens is 388 g/mol. The molecule has 0 fully saturated rings. The number of nitrogens with zero attached hydrogens (tertiary/aromatic N) is 2. The summed E-state index contributed by atoms with van der Waals surface area (Å²) >= 11 is 1.60. The average molecular weight is 415 g/mol. The SMILES string of the molecule is CCc1ccc(CC(=O)N(Cc2ccccc2)c2nc3cc(C)cc(C)c3s2)cc1. The highest BCUT2D eigenvalue weighted by atomic mass is 32.1. The number of thiazole rings is 1. The first-order valence-electron chi connectivity index (χ1n) is 10.3. The molecule has 1 aromatic heterocycles. The van der Waals surface area contributed by atoms with E-state index in [-0.39, 0.29) is 5.91 Å². The van der Waals surface area contributed by atoms with E-state index in [9.17, 15) is 4.79 Å². The van der Waals surface area contributed by atoms with Gasteiger partial charge in [-0.1, -0.05) is 78.9 Å². The van der Waals surface area contributed by atoms with Gasteiger partial charge in [0.1, 0.15) is 0 Å². The van der Waals surface area contributed by atoms with Crippen LogP contribution in [-0.2, 0) is 24.2 Å². The first kappa shape index (κ1) is 20.3. The third-order valence-corrected chi connectivity index (χ3v) is 6.54. The third kappa shape index (κ3) is 4.44. The summed E-state index contributed by atoms with van der Waals surface area (Å²) in [6, 6.07) is 22.7. The number of carbonyl (C=O) groups is 1. The van der Waals surface area contributed by atoms with E-state index in [1.54, 1.807) is 11.3 Å². The molecule has 3 nitrogen and oxygen atoms in total. The zero-order valence-electron chi connectivity index (χ0n) is 17.7. The summed E-state index contributed by atoms with van der Waals surface area (Å²) in [6.45, 7) is 6.84. The summed E-state index contributed by atoms with van der Waals surface area (Å²) in [5, 5.41) is 0.762. The Morgan fingerprint density at radius 2 is 1.63 bits per heavy atom. The highest BCUT2D eigenvalue weighted by Gasteiger charge is 2.21. The summed E-state index contributed by atoms with van der Waals surface area (Å²) in [7, 11) is 0. The van der Waals surface area contributed by atoms with E-state index in [0.717, 1.165) is 32.9 Å². The maximum atomic E-state index is 13.4. The second kappa shape index (κ2) is 8.80. The van der Waals surface area contributed by atoms with Crippen LogP contribution in [0.25, 0.3) is 10.2 Å². The standard InChI is InChI=1S/C26H26N2OS/c1-4-20-10-12-21(13-11-20)16-24(29)28(17-22-8-6-5-7-9-22)26-27-23-15-18(2)14-19(3)25(23)30-26/h5-15H,4,16-17H2,1-3H3. The van der Waals surface area contributed by atoms with Crippen molar-refractivity contribution in [3.8, 4) is 0 Å². The summed E-state index contributed by atoms with van der Waals surface area (Å²) < 4.78 is 1.15. The van der Waals surface area contributed by atoms with Crippen LogP contribution in [-0.4, -0.2) is 10.9 Å². The highest BCUT2D eigenvalue weighted by Crippen LogP contribution is 2.33. The van der Waals surface area contributed by atoms with Crippen LogP contribution < -0.4 is 4.90 Å². The normalized spacial score (nSPS) is 11.0. The number of benzene rings is 3. The number of fused-ring (bicyclic) bond motifs is 1. The Hall–Kier alpha value is -2.98. The van der Waals surface area contributed by atoms with E-state index in [0.29, 0.717) is 13.0 Å². The molecule has 3 aromatic carbocycles. The largest absolute Gasteiger partial charge is 0.283 e. The van der Waals surface area contributed by atoms with Crippen molar-refractivity contribution in [2.75, 3.05) is 4.90 Å². The molecule has 0 bridgehead atoms. The molecule has 0 N–H and O–H groups in total. The molecule has 0 aliphatic heterocycles. The number of amides is 1. The molecule has 30 heavy (non-hydrogen) atoms. The van der Waals surface area contributed by atoms with Crippen molar-refractivity contribution in [1.82, 2.24) is 4.98 Å². The van der Waals surface area contributed by atoms with Crippen molar-refractivity contribution in [3.63, 3.8) is 0 Å². The van der Waals surface area contributed by atoms with Gasteiger partial charge in [0.05, 0.1) is 23.2 Å². The Morgan fingerprint density at radius 3 is 2.33 bits per heavy atom. The number of hydrogen-bond acceptors (Lipinski definition) is 3. The van der Waals surface area contributed by atoms with Crippen molar-refractivity contribution in [3.05, 3.63) is 94.5 Å². The number of aryl methyl sites for hydroxylation is 3. The van der Waals surface area contributed by atoms with Crippen LogP contribution in [0.15, 0.2) is 66.7 Å². The van der Waals surface area contributed by atoms with Crippen LogP contribution in [0.4, 0.5) is 5.13 Å². The molecule has 0 spiro atoms. The number of rotatable bonds is 6. The van der Waals surface area contributed by atoms with E-state index in [1.807, 2.05) is 23.1 Å². The molecule has 1 amide bonds. The highest BCUT2D eigenvalue weighted by molar-refractivity contribution is 7.22. The quantitative estimate of drug-likeness (QED) is 0.373. The van der Waals surface area contributed by atoms with Crippen molar-refractivity contribution in [2.45, 2.75) is 40.2 Å². The molecule has 4 heteroatoms. The lowest BCUT2D eigenvalue weighted by Crippen LogP contribution is -2.31. The van der Waals surface area contributed by atoms with Gasteiger partial charge in [0.15, 0.2) is 5.13 Å². The van der Waals surface area contributed by atoms with Gasteiger partial charge in [0.25, 0.3) is 0 Å². The van der Waals surface area contributed by atoms with Gasteiger partial charge in [-0.15, -0.1) is 0 Å². The smallest absolute Gasteiger partial charge is 0.233 e. The predicted molar refractivity (Wildman–Crippen MR) is 126 cm³/mol. The van der Waals surface area contributed by atoms with Gasteiger partial charge >= 0.3 is 0 Å². The zero-order chi connectivity index (χ0) is 21.1. The minimum atomic E-state index is 0.0662. The number of hydrogen-bond donors (Lipinski definition) is 0. The molecule has 0 saturated heterocycles. The van der Waals surface area contributed by atoms with Crippen molar-refractivity contribution >= 4 is 32.6 Å². The Kier molecular flexibility index (Phi) is 5.96. The van der Waals surface area contributed by atoms with E-state index in [4.69, 9.17) is 4.98 Å². The lowest BCUT2D eigenvalue weighted by Gasteiger charge is -2.20. The van der Waals surface area contributed by atoms with E-state index < -0.39 is 0 Å². The van der Waals surface area contributed by atoms with Crippen LogP contribution in [0, 0.1) is 13.8 Å². The third-order valence-electron chi connectivity index (χ3n) is 5.31. The van der Waals surface area contributed by atoms with Crippen molar-refractivity contribution < 1.29 is 4.79 Å². The average Bonchev–Trinajstić information content (AvgIpc) is 3.17. The monoisotopic (exact) mass is 414 g/mol. The zero-order valence-corrected chi connectivity index (χ0v) is 18.5. The molecule has 0 saturated carbocycles. The van der Waals surface area contributed by atoms with E-state index >= 15 is 0 Å². The second-order valence-electron chi connectivity index (χ2n) is 7.74. The first-order chi connectivity index (χ1) is 14.5. The molecule has 4 aromatic rings. The van der Waals surface area contributed by atoms with E-state index in [1.165, 1.54) is 16.7 Å². The van der Waals surface area contributed by atoms with Gasteiger partial charge in [-0.25, -0.2) is 4.98 Å². The summed E-state index contributed by atoms with van der Waals surface area (Å²) in [5.41, 5.74) is 6.77. The van der Waals surface area contributed by atoms with Crippen LogP contribution in [0.2, 0.25) is 0 Å². The number of carbonyl (C=O) groups excluding carboxylic acids is 1. The lowest BCUT2D eigenvalue weighted by atomic mass is 10.1. The maximum absolute atomic E-state index is 13.4. The summed E-state index contributed by atoms with van der Waals surface area (Å²) in [4.78, 5) is 20.1. The van der Waals surface area contributed by atoms with Gasteiger partial charge in [-0.2, -0.15) is 0 Å². The maximum Gasteiger partial charge on any atom is 0.233 e. The Balaban J connectivity index is 1.68. The number of aromatic nitrogens is 1. The first-order valence-corrected chi connectivity index (χ1v) is 11.1. The fourth-order valence-electron chi connectivity index (χ4n) is 3.67. The Labute approximate surface area is 182 Å². The molecule has 0 radical (unpaired) electrons. The molecule has 1 heterocycles. The summed E-state index contributed by atoms with van der Waals surface area (Å²) in [5.74, 6) is 0.0662. The minimum absolute atomic E-state index is 0.0662. The minimum Gasteiger partial charge on any atom is -0.283 e. The predicted octanol–water partition coefficient (Wildman–Crippen LogP) is 6.25. The Morgan fingerprint density at radius 1 is 0.933 bits per heavy atom. The lowest BCUT2D eigenvalue weighted by molar-refractivity contribution is -0.118. The van der Waals surface area contributed by atoms with Gasteiger partial charge in [0.2, 0.25) is 5.91 Å². The fourth-order valence-corrected chi connectivity index (χ4v) is 4.70. The van der Waals surface area contributed by atoms with Crippen LogP contribution in [0.1, 0.15) is 34.7 Å². The molecule has 4 rings (SSSR count). The van der Waals surface area contributed by atoms with Crippen molar-refractivity contribution in [2.24, 2.45) is 0 Å². The van der Waals surface area contributed by atoms with Crippen LogP contribution >= 0.6 is 11.3 Å². The molecule has 0 aliphatic carbocycles.